The SMILES string of the molecule is COc1ccc(C(C#N)N2CCCC2)cc1OC1CCCC1. The molecule has 1 aromatic rings. The quantitative estimate of drug-likeness (QED) is 0.832. The summed E-state index contributed by atoms with van der Waals surface area (Å²) in [5.41, 5.74) is 1.01. The van der Waals surface area contributed by atoms with Gasteiger partial charge in [-0.15, -0.1) is 0 Å². The maximum atomic E-state index is 9.58. The minimum atomic E-state index is -0.181. The van der Waals surface area contributed by atoms with Crippen LogP contribution in [-0.2, 0) is 0 Å². The highest BCUT2D eigenvalue weighted by atomic mass is 16.5. The van der Waals surface area contributed by atoms with Crippen molar-refractivity contribution < 1.29 is 9.47 Å². The molecule has 0 amide bonds. The molecule has 0 N–H and O–H groups in total. The van der Waals surface area contributed by atoms with E-state index in [1.54, 1.807) is 7.11 Å². The molecule has 4 heteroatoms. The third kappa shape index (κ3) is 3.20. The van der Waals surface area contributed by atoms with E-state index in [0.29, 0.717) is 0 Å². The molecule has 2 fully saturated rings. The highest BCUT2D eigenvalue weighted by Crippen LogP contribution is 2.35. The van der Waals surface area contributed by atoms with Crippen molar-refractivity contribution in [2.75, 3.05) is 20.2 Å². The van der Waals surface area contributed by atoms with Gasteiger partial charge in [-0.2, -0.15) is 5.26 Å². The van der Waals surface area contributed by atoms with Gasteiger partial charge in [0.25, 0.3) is 0 Å². The molecule has 22 heavy (non-hydrogen) atoms. The molecule has 1 aliphatic heterocycles. The van der Waals surface area contributed by atoms with Crippen LogP contribution in [0.25, 0.3) is 0 Å². The van der Waals surface area contributed by atoms with Crippen LogP contribution in [0.2, 0.25) is 0 Å². The van der Waals surface area contributed by atoms with Crippen LogP contribution in [0.5, 0.6) is 11.5 Å². The normalized spacial score (nSPS) is 20.7. The lowest BCUT2D eigenvalue weighted by Gasteiger charge is -2.23. The average Bonchev–Trinajstić information content (AvgIpc) is 3.22. The molecule has 0 radical (unpaired) electrons. The molecule has 1 aromatic carbocycles. The van der Waals surface area contributed by atoms with Gasteiger partial charge in [-0.1, -0.05) is 6.07 Å². The molecular weight excluding hydrogens is 276 g/mol. The first-order valence-corrected chi connectivity index (χ1v) is 8.30. The monoisotopic (exact) mass is 300 g/mol. The number of likely N-dealkylation sites (tertiary alicyclic amines) is 1. The van der Waals surface area contributed by atoms with Crippen LogP contribution in [-0.4, -0.2) is 31.2 Å². The molecule has 0 aromatic heterocycles. The Kier molecular flexibility index (Phi) is 4.84. The van der Waals surface area contributed by atoms with Gasteiger partial charge in [0.05, 0.1) is 19.3 Å². The van der Waals surface area contributed by atoms with Gasteiger partial charge in [-0.05, 0) is 69.3 Å². The van der Waals surface area contributed by atoms with Gasteiger partial charge < -0.3 is 9.47 Å². The number of ether oxygens (including phenoxy) is 2. The van der Waals surface area contributed by atoms with Crippen molar-refractivity contribution in [2.24, 2.45) is 0 Å². The molecule has 1 heterocycles. The summed E-state index contributed by atoms with van der Waals surface area (Å²) in [7, 11) is 1.67. The number of hydrogen-bond donors (Lipinski definition) is 0. The predicted molar refractivity (Wildman–Crippen MR) is 85.0 cm³/mol. The lowest BCUT2D eigenvalue weighted by atomic mass is 10.1. The molecular formula is C18H24N2O2. The Balaban J connectivity index is 1.83. The number of hydrogen-bond acceptors (Lipinski definition) is 4. The Morgan fingerprint density at radius 3 is 2.50 bits per heavy atom. The Labute approximate surface area is 132 Å². The lowest BCUT2D eigenvalue weighted by molar-refractivity contribution is 0.200. The summed E-state index contributed by atoms with van der Waals surface area (Å²) >= 11 is 0. The van der Waals surface area contributed by atoms with Crippen molar-refractivity contribution >= 4 is 0 Å². The van der Waals surface area contributed by atoms with Gasteiger partial charge in [0, 0.05) is 0 Å². The van der Waals surface area contributed by atoms with Crippen LogP contribution < -0.4 is 9.47 Å². The molecule has 1 atom stereocenters. The van der Waals surface area contributed by atoms with Gasteiger partial charge in [0.1, 0.15) is 6.04 Å². The summed E-state index contributed by atoms with van der Waals surface area (Å²) in [6.07, 6.45) is 7.35. The molecule has 1 aliphatic carbocycles. The maximum absolute atomic E-state index is 9.58. The third-order valence-corrected chi connectivity index (χ3v) is 4.73. The lowest BCUT2D eigenvalue weighted by Crippen LogP contribution is -2.24. The van der Waals surface area contributed by atoms with Crippen LogP contribution >= 0.6 is 0 Å². The highest BCUT2D eigenvalue weighted by molar-refractivity contribution is 5.45. The summed E-state index contributed by atoms with van der Waals surface area (Å²) in [6, 6.07) is 8.19. The first-order valence-electron chi connectivity index (χ1n) is 8.30. The van der Waals surface area contributed by atoms with Crippen molar-refractivity contribution in [2.45, 2.75) is 50.7 Å². The zero-order chi connectivity index (χ0) is 15.4. The van der Waals surface area contributed by atoms with Crippen molar-refractivity contribution in [1.29, 1.82) is 5.26 Å². The summed E-state index contributed by atoms with van der Waals surface area (Å²) in [5, 5.41) is 9.58. The summed E-state index contributed by atoms with van der Waals surface area (Å²) in [4.78, 5) is 2.25. The number of methoxy groups -OCH3 is 1. The third-order valence-electron chi connectivity index (χ3n) is 4.73. The summed E-state index contributed by atoms with van der Waals surface area (Å²) < 4.78 is 11.6. The van der Waals surface area contributed by atoms with Gasteiger partial charge in [-0.25, -0.2) is 0 Å². The first kappa shape index (κ1) is 15.2. The molecule has 1 saturated heterocycles. The summed E-state index contributed by atoms with van der Waals surface area (Å²) in [6.45, 7) is 2.01. The van der Waals surface area contributed by atoms with Crippen LogP contribution in [0.1, 0.15) is 50.1 Å². The molecule has 118 valence electrons. The fourth-order valence-electron chi connectivity index (χ4n) is 3.51. The van der Waals surface area contributed by atoms with E-state index in [9.17, 15) is 5.26 Å². The molecule has 2 aliphatic rings. The standard InChI is InChI=1S/C18H24N2O2/c1-21-17-9-8-14(16(13-19)20-10-4-5-11-20)12-18(17)22-15-6-2-3-7-15/h8-9,12,15-16H,2-7,10-11H2,1H3. The largest absolute Gasteiger partial charge is 0.493 e. The summed E-state index contributed by atoms with van der Waals surface area (Å²) in [5.74, 6) is 1.54. The minimum absolute atomic E-state index is 0.181. The zero-order valence-electron chi connectivity index (χ0n) is 13.3. The van der Waals surface area contributed by atoms with E-state index in [4.69, 9.17) is 9.47 Å². The van der Waals surface area contributed by atoms with E-state index in [1.165, 1.54) is 25.7 Å². The van der Waals surface area contributed by atoms with Crippen LogP contribution in [0.3, 0.4) is 0 Å². The molecule has 1 saturated carbocycles. The molecule has 0 spiro atoms. The van der Waals surface area contributed by atoms with E-state index >= 15 is 0 Å². The number of nitrogens with zero attached hydrogens (tertiary/aromatic N) is 2. The molecule has 1 unspecified atom stereocenters. The van der Waals surface area contributed by atoms with Crippen molar-refractivity contribution in [1.82, 2.24) is 4.90 Å². The van der Waals surface area contributed by atoms with Crippen molar-refractivity contribution in [3.05, 3.63) is 23.8 Å². The van der Waals surface area contributed by atoms with Crippen LogP contribution in [0, 0.1) is 11.3 Å². The van der Waals surface area contributed by atoms with Crippen LogP contribution in [0.4, 0.5) is 0 Å². The average molecular weight is 300 g/mol. The van der Waals surface area contributed by atoms with Crippen molar-refractivity contribution in [3.8, 4) is 17.6 Å². The van der Waals surface area contributed by atoms with E-state index in [1.807, 2.05) is 18.2 Å². The fourth-order valence-corrected chi connectivity index (χ4v) is 3.51. The highest BCUT2D eigenvalue weighted by Gasteiger charge is 2.25. The zero-order valence-corrected chi connectivity index (χ0v) is 13.3. The maximum Gasteiger partial charge on any atom is 0.161 e. The molecule has 4 nitrogen and oxygen atoms in total. The van der Waals surface area contributed by atoms with Gasteiger partial charge in [-0.3, -0.25) is 4.90 Å². The van der Waals surface area contributed by atoms with Gasteiger partial charge in [0.2, 0.25) is 0 Å². The van der Waals surface area contributed by atoms with E-state index in [2.05, 4.69) is 11.0 Å². The van der Waals surface area contributed by atoms with Crippen LogP contribution in [0.15, 0.2) is 18.2 Å². The second-order valence-corrected chi connectivity index (χ2v) is 6.21. The predicted octanol–water partition coefficient (Wildman–Crippen LogP) is 3.68. The smallest absolute Gasteiger partial charge is 0.161 e. The van der Waals surface area contributed by atoms with E-state index in [-0.39, 0.29) is 12.1 Å². The van der Waals surface area contributed by atoms with Gasteiger partial charge >= 0.3 is 0 Å². The minimum Gasteiger partial charge on any atom is -0.493 e. The first-order chi connectivity index (χ1) is 10.8. The molecule has 3 rings (SSSR count). The Hall–Kier alpha value is -1.73. The Morgan fingerprint density at radius 2 is 1.86 bits per heavy atom. The fraction of sp³-hybridized carbons (Fsp3) is 0.611. The number of benzene rings is 1. The second-order valence-electron chi connectivity index (χ2n) is 6.21. The van der Waals surface area contributed by atoms with Gasteiger partial charge in [0.15, 0.2) is 11.5 Å². The molecule has 0 bridgehead atoms. The topological polar surface area (TPSA) is 45.5 Å². The van der Waals surface area contributed by atoms with E-state index in [0.717, 1.165) is 43.0 Å². The second kappa shape index (κ2) is 7.02. The van der Waals surface area contributed by atoms with E-state index < -0.39 is 0 Å². The Morgan fingerprint density at radius 1 is 1.14 bits per heavy atom. The van der Waals surface area contributed by atoms with Crippen molar-refractivity contribution in [3.63, 3.8) is 0 Å². The number of rotatable bonds is 5. The number of nitriles is 1. The Bertz CT molecular complexity index is 541.